The molecule has 0 saturated heterocycles. The van der Waals surface area contributed by atoms with E-state index in [2.05, 4.69) is 31.1 Å². The van der Waals surface area contributed by atoms with Gasteiger partial charge in [0.05, 0.1) is 0 Å². The van der Waals surface area contributed by atoms with Crippen molar-refractivity contribution in [3.63, 3.8) is 0 Å². The van der Waals surface area contributed by atoms with E-state index in [9.17, 15) is 0 Å². The number of H-pyrrole nitrogens is 1. The van der Waals surface area contributed by atoms with Gasteiger partial charge in [0, 0.05) is 29.7 Å². The maximum absolute atomic E-state index is 5.29. The van der Waals surface area contributed by atoms with Crippen molar-refractivity contribution < 1.29 is 0 Å². The van der Waals surface area contributed by atoms with E-state index in [1.54, 1.807) is 18.6 Å². The fourth-order valence-electron chi connectivity index (χ4n) is 1.63. The first kappa shape index (κ1) is 11.1. The molecular formula is C14H9N5. The first-order chi connectivity index (χ1) is 9.36. The van der Waals surface area contributed by atoms with Crippen LogP contribution in [0.1, 0.15) is 5.56 Å². The van der Waals surface area contributed by atoms with Crippen LogP contribution in [-0.2, 0) is 0 Å². The Balaban J connectivity index is 1.95. The molecule has 0 aliphatic carbocycles. The Hall–Kier alpha value is -3.00. The molecular weight excluding hydrogens is 238 g/mol. The molecule has 0 amide bonds. The topological polar surface area (TPSA) is 67.3 Å². The van der Waals surface area contributed by atoms with Crippen molar-refractivity contribution in [3.8, 4) is 35.2 Å². The smallest absolute Gasteiger partial charge is 0.181 e. The van der Waals surface area contributed by atoms with Gasteiger partial charge in [-0.25, -0.2) is 4.98 Å². The van der Waals surface area contributed by atoms with Gasteiger partial charge in [0.25, 0.3) is 0 Å². The molecule has 3 aromatic rings. The van der Waals surface area contributed by atoms with Crippen LogP contribution in [0.5, 0.6) is 0 Å². The first-order valence-corrected chi connectivity index (χ1v) is 5.62. The van der Waals surface area contributed by atoms with Crippen molar-refractivity contribution in [3.05, 3.63) is 48.4 Å². The Kier molecular flexibility index (Phi) is 2.75. The van der Waals surface area contributed by atoms with Crippen molar-refractivity contribution in [1.29, 1.82) is 0 Å². The lowest BCUT2D eigenvalue weighted by Crippen LogP contribution is -1.86. The molecule has 0 aliphatic rings. The van der Waals surface area contributed by atoms with Gasteiger partial charge in [0.2, 0.25) is 0 Å². The molecule has 0 unspecified atom stereocenters. The number of pyridine rings is 2. The molecule has 19 heavy (non-hydrogen) atoms. The fourth-order valence-corrected chi connectivity index (χ4v) is 1.63. The zero-order valence-electron chi connectivity index (χ0n) is 9.91. The molecule has 5 nitrogen and oxygen atoms in total. The molecule has 3 heterocycles. The van der Waals surface area contributed by atoms with E-state index in [1.165, 1.54) is 0 Å². The predicted molar refractivity (Wildman–Crippen MR) is 70.8 cm³/mol. The van der Waals surface area contributed by atoms with Gasteiger partial charge >= 0.3 is 0 Å². The van der Waals surface area contributed by atoms with E-state index in [0.717, 1.165) is 11.1 Å². The molecule has 0 aliphatic heterocycles. The van der Waals surface area contributed by atoms with Crippen LogP contribution in [0.3, 0.4) is 0 Å². The summed E-state index contributed by atoms with van der Waals surface area (Å²) in [7, 11) is 0. The number of rotatable bonds is 2. The van der Waals surface area contributed by atoms with E-state index in [4.69, 9.17) is 6.42 Å². The molecule has 3 rings (SSSR count). The SMILES string of the molecule is C#Cc1ccc(-c2nc(-c3ccncc3)n[nH]2)nc1. The normalized spacial score (nSPS) is 10.1. The average Bonchev–Trinajstić information content (AvgIpc) is 2.98. The Bertz CT molecular complexity index is 723. The highest BCUT2D eigenvalue weighted by molar-refractivity contribution is 5.58. The molecule has 0 saturated carbocycles. The quantitative estimate of drug-likeness (QED) is 0.702. The minimum Gasteiger partial charge on any atom is -0.265 e. The molecule has 1 N–H and O–H groups in total. The van der Waals surface area contributed by atoms with Crippen LogP contribution in [0.2, 0.25) is 0 Å². The van der Waals surface area contributed by atoms with Crippen LogP contribution in [0.25, 0.3) is 22.9 Å². The van der Waals surface area contributed by atoms with E-state index in [-0.39, 0.29) is 0 Å². The van der Waals surface area contributed by atoms with Crippen molar-refractivity contribution in [2.45, 2.75) is 0 Å². The second-order valence-electron chi connectivity index (χ2n) is 3.82. The van der Waals surface area contributed by atoms with Crippen LogP contribution in [0.4, 0.5) is 0 Å². The average molecular weight is 247 g/mol. The summed E-state index contributed by atoms with van der Waals surface area (Å²) >= 11 is 0. The van der Waals surface area contributed by atoms with Gasteiger partial charge in [-0.2, -0.15) is 5.10 Å². The van der Waals surface area contributed by atoms with Gasteiger partial charge in [-0.15, -0.1) is 6.42 Å². The lowest BCUT2D eigenvalue weighted by Gasteiger charge is -1.95. The standard InChI is InChI=1S/C14H9N5/c1-2-10-3-4-12(16-9-10)14-17-13(18-19-14)11-5-7-15-8-6-11/h1,3-9H,(H,17,18,19). The van der Waals surface area contributed by atoms with Gasteiger partial charge < -0.3 is 0 Å². The largest absolute Gasteiger partial charge is 0.265 e. The molecule has 3 aromatic heterocycles. The summed E-state index contributed by atoms with van der Waals surface area (Å²) in [5.41, 5.74) is 2.34. The van der Waals surface area contributed by atoms with Crippen LogP contribution in [0, 0.1) is 12.3 Å². The van der Waals surface area contributed by atoms with Gasteiger partial charge in [-0.05, 0) is 24.3 Å². The van der Waals surface area contributed by atoms with Gasteiger partial charge in [0.15, 0.2) is 11.6 Å². The fraction of sp³-hybridized carbons (Fsp3) is 0. The Morgan fingerprint density at radius 2 is 1.95 bits per heavy atom. The molecule has 0 spiro atoms. The van der Waals surface area contributed by atoms with E-state index >= 15 is 0 Å². The van der Waals surface area contributed by atoms with Crippen molar-refractivity contribution in [2.75, 3.05) is 0 Å². The molecule has 5 heteroatoms. The summed E-state index contributed by atoms with van der Waals surface area (Å²) in [6, 6.07) is 7.33. The number of aromatic amines is 1. The Labute approximate surface area is 109 Å². The monoisotopic (exact) mass is 247 g/mol. The maximum Gasteiger partial charge on any atom is 0.181 e. The summed E-state index contributed by atoms with van der Waals surface area (Å²) < 4.78 is 0. The van der Waals surface area contributed by atoms with E-state index in [0.29, 0.717) is 17.3 Å². The number of hydrogen-bond donors (Lipinski definition) is 1. The van der Waals surface area contributed by atoms with Gasteiger partial charge in [-0.1, -0.05) is 5.92 Å². The lowest BCUT2D eigenvalue weighted by atomic mass is 10.2. The van der Waals surface area contributed by atoms with Crippen LogP contribution in [-0.4, -0.2) is 25.1 Å². The van der Waals surface area contributed by atoms with E-state index < -0.39 is 0 Å². The van der Waals surface area contributed by atoms with Crippen LogP contribution in [0.15, 0.2) is 42.9 Å². The molecule has 0 radical (unpaired) electrons. The lowest BCUT2D eigenvalue weighted by molar-refractivity contribution is 1.09. The summed E-state index contributed by atoms with van der Waals surface area (Å²) in [5, 5.41) is 7.02. The Morgan fingerprint density at radius 1 is 1.11 bits per heavy atom. The molecule has 90 valence electrons. The minimum absolute atomic E-state index is 0.607. The number of terminal acetylenes is 1. The van der Waals surface area contributed by atoms with Gasteiger partial charge in [-0.3, -0.25) is 15.1 Å². The zero-order chi connectivity index (χ0) is 13.1. The van der Waals surface area contributed by atoms with Crippen molar-refractivity contribution in [1.82, 2.24) is 25.1 Å². The highest BCUT2D eigenvalue weighted by Crippen LogP contribution is 2.17. The maximum atomic E-state index is 5.29. The summed E-state index contributed by atoms with van der Waals surface area (Å²) in [6.45, 7) is 0. The van der Waals surface area contributed by atoms with Crippen molar-refractivity contribution in [2.24, 2.45) is 0 Å². The van der Waals surface area contributed by atoms with Crippen LogP contribution >= 0.6 is 0 Å². The summed E-state index contributed by atoms with van der Waals surface area (Å²) in [4.78, 5) is 12.6. The number of hydrogen-bond acceptors (Lipinski definition) is 4. The van der Waals surface area contributed by atoms with Gasteiger partial charge in [0.1, 0.15) is 5.69 Å². The van der Waals surface area contributed by atoms with Crippen molar-refractivity contribution >= 4 is 0 Å². The molecule has 0 aromatic carbocycles. The second-order valence-corrected chi connectivity index (χ2v) is 3.82. The highest BCUT2D eigenvalue weighted by Gasteiger charge is 2.08. The molecule has 0 atom stereocenters. The van der Waals surface area contributed by atoms with Crippen LogP contribution < -0.4 is 0 Å². The third-order valence-corrected chi connectivity index (χ3v) is 2.60. The second kappa shape index (κ2) is 4.70. The summed E-state index contributed by atoms with van der Waals surface area (Å²) in [6.07, 6.45) is 10.3. The number of aromatic nitrogens is 5. The third-order valence-electron chi connectivity index (χ3n) is 2.60. The first-order valence-electron chi connectivity index (χ1n) is 5.62. The Morgan fingerprint density at radius 3 is 2.63 bits per heavy atom. The highest BCUT2D eigenvalue weighted by atomic mass is 15.2. The number of nitrogens with one attached hydrogen (secondary N) is 1. The summed E-state index contributed by atoms with van der Waals surface area (Å²) in [5.74, 6) is 3.74. The zero-order valence-corrected chi connectivity index (χ0v) is 9.91. The molecule has 0 fully saturated rings. The predicted octanol–water partition coefficient (Wildman–Crippen LogP) is 1.91. The third kappa shape index (κ3) is 2.19. The number of nitrogens with zero attached hydrogens (tertiary/aromatic N) is 4. The van der Waals surface area contributed by atoms with E-state index in [1.807, 2.05) is 24.3 Å². The minimum atomic E-state index is 0.607. The molecule has 0 bridgehead atoms.